The van der Waals surface area contributed by atoms with Crippen molar-refractivity contribution in [2.75, 3.05) is 13.1 Å². The van der Waals surface area contributed by atoms with Crippen LogP contribution in [0.5, 0.6) is 0 Å². The molecular formula is C16H27NO. The van der Waals surface area contributed by atoms with Gasteiger partial charge >= 0.3 is 0 Å². The largest absolute Gasteiger partial charge is 0.300 e. The van der Waals surface area contributed by atoms with Gasteiger partial charge < -0.3 is 0 Å². The van der Waals surface area contributed by atoms with Gasteiger partial charge in [-0.05, 0) is 58.0 Å². The quantitative estimate of drug-likeness (QED) is 0.508. The molecule has 1 aliphatic carbocycles. The highest BCUT2D eigenvalue weighted by Crippen LogP contribution is 2.33. The zero-order valence-corrected chi connectivity index (χ0v) is 11.6. The summed E-state index contributed by atoms with van der Waals surface area (Å²) in [5, 5.41) is 0. The topological polar surface area (TPSA) is 20.3 Å². The number of allylic oxidation sites excluding steroid dienone is 1. The van der Waals surface area contributed by atoms with Crippen LogP contribution < -0.4 is 0 Å². The van der Waals surface area contributed by atoms with Gasteiger partial charge in [-0.25, -0.2) is 0 Å². The zero-order valence-electron chi connectivity index (χ0n) is 11.6. The van der Waals surface area contributed by atoms with Crippen molar-refractivity contribution in [2.45, 2.75) is 63.8 Å². The van der Waals surface area contributed by atoms with Gasteiger partial charge in [-0.3, -0.25) is 9.69 Å². The van der Waals surface area contributed by atoms with Crippen LogP contribution in [0.25, 0.3) is 0 Å². The fourth-order valence-electron chi connectivity index (χ4n) is 3.62. The van der Waals surface area contributed by atoms with Crippen LogP contribution >= 0.6 is 0 Å². The number of rotatable bonds is 7. The van der Waals surface area contributed by atoms with E-state index in [0.717, 1.165) is 25.7 Å². The second kappa shape index (κ2) is 7.08. The summed E-state index contributed by atoms with van der Waals surface area (Å²) < 4.78 is 0. The summed E-state index contributed by atoms with van der Waals surface area (Å²) in [5.74, 6) is 0.916. The van der Waals surface area contributed by atoms with Crippen LogP contribution in [0.3, 0.4) is 0 Å². The number of Topliss-reactive ketones (excluding diaryl/α,β-unsaturated/α-hetero) is 1. The van der Waals surface area contributed by atoms with E-state index in [2.05, 4.69) is 11.5 Å². The first-order valence-electron chi connectivity index (χ1n) is 7.70. The van der Waals surface area contributed by atoms with Crippen molar-refractivity contribution in [3.05, 3.63) is 12.7 Å². The van der Waals surface area contributed by atoms with Crippen molar-refractivity contribution < 1.29 is 4.79 Å². The Hall–Kier alpha value is -0.630. The molecule has 18 heavy (non-hydrogen) atoms. The molecule has 0 N–H and O–H groups in total. The fourth-order valence-corrected chi connectivity index (χ4v) is 3.62. The number of hydrogen-bond acceptors (Lipinski definition) is 2. The summed E-state index contributed by atoms with van der Waals surface area (Å²) in [6.45, 7) is 6.18. The van der Waals surface area contributed by atoms with Gasteiger partial charge in [0.25, 0.3) is 0 Å². The molecule has 1 saturated carbocycles. The first-order chi connectivity index (χ1) is 8.83. The molecule has 0 bridgehead atoms. The van der Waals surface area contributed by atoms with Gasteiger partial charge in [0.1, 0.15) is 5.78 Å². The minimum Gasteiger partial charge on any atom is -0.300 e. The number of hydrogen-bond donors (Lipinski definition) is 0. The lowest BCUT2D eigenvalue weighted by Gasteiger charge is -2.28. The summed E-state index contributed by atoms with van der Waals surface area (Å²) in [6, 6.07) is 0.583. The third kappa shape index (κ3) is 3.44. The smallest absolute Gasteiger partial charge is 0.137 e. The Balaban J connectivity index is 1.73. The average molecular weight is 249 g/mol. The third-order valence-corrected chi connectivity index (χ3v) is 4.58. The van der Waals surface area contributed by atoms with E-state index in [1.54, 1.807) is 0 Å². The van der Waals surface area contributed by atoms with Gasteiger partial charge in [0.05, 0.1) is 0 Å². The molecule has 102 valence electrons. The predicted octanol–water partition coefficient (Wildman–Crippen LogP) is 3.57. The fraction of sp³-hybridized carbons (Fsp3) is 0.812. The highest BCUT2D eigenvalue weighted by Gasteiger charge is 2.37. The van der Waals surface area contributed by atoms with Crippen molar-refractivity contribution in [1.82, 2.24) is 4.90 Å². The summed E-state index contributed by atoms with van der Waals surface area (Å²) in [5.41, 5.74) is 0. The number of carbonyl (C=O) groups is 1. The minimum absolute atomic E-state index is 0.376. The van der Waals surface area contributed by atoms with Gasteiger partial charge in [0.2, 0.25) is 0 Å². The van der Waals surface area contributed by atoms with Crippen molar-refractivity contribution in [3.8, 4) is 0 Å². The predicted molar refractivity (Wildman–Crippen MR) is 75.6 cm³/mol. The molecule has 2 rings (SSSR count). The number of likely N-dealkylation sites (tertiary alicyclic amines) is 1. The summed E-state index contributed by atoms with van der Waals surface area (Å²) >= 11 is 0. The van der Waals surface area contributed by atoms with Gasteiger partial charge in [0.15, 0.2) is 0 Å². The number of nitrogens with zero attached hydrogens (tertiary/aromatic N) is 1. The molecule has 0 aromatic carbocycles. The van der Waals surface area contributed by atoms with E-state index in [9.17, 15) is 4.79 Å². The molecule has 1 heterocycles. The van der Waals surface area contributed by atoms with E-state index in [-0.39, 0.29) is 0 Å². The molecular weight excluding hydrogens is 222 g/mol. The SMILES string of the molecule is C=CCCCCCN1CCCC1C1CCCC1=O. The molecule has 2 atom stereocenters. The van der Waals surface area contributed by atoms with Crippen molar-refractivity contribution >= 4 is 5.78 Å². The first-order valence-corrected chi connectivity index (χ1v) is 7.70. The highest BCUT2D eigenvalue weighted by atomic mass is 16.1. The molecule has 2 heteroatoms. The van der Waals surface area contributed by atoms with Crippen LogP contribution in [0.1, 0.15) is 57.8 Å². The summed E-state index contributed by atoms with van der Waals surface area (Å²) in [4.78, 5) is 14.5. The molecule has 2 fully saturated rings. The van der Waals surface area contributed by atoms with Crippen molar-refractivity contribution in [1.29, 1.82) is 0 Å². The average Bonchev–Trinajstić information content (AvgIpc) is 2.97. The van der Waals surface area contributed by atoms with E-state index in [0.29, 0.717) is 17.7 Å². The molecule has 0 spiro atoms. The van der Waals surface area contributed by atoms with Crippen molar-refractivity contribution in [3.63, 3.8) is 0 Å². The van der Waals surface area contributed by atoms with E-state index >= 15 is 0 Å². The molecule has 1 aliphatic heterocycles. The van der Waals surface area contributed by atoms with Crippen LogP contribution in [0.4, 0.5) is 0 Å². The lowest BCUT2D eigenvalue weighted by atomic mass is 9.95. The number of carbonyl (C=O) groups excluding carboxylic acids is 1. The van der Waals surface area contributed by atoms with Gasteiger partial charge in [-0.2, -0.15) is 0 Å². The Morgan fingerprint density at radius 2 is 2.11 bits per heavy atom. The van der Waals surface area contributed by atoms with Crippen molar-refractivity contribution in [2.24, 2.45) is 5.92 Å². The monoisotopic (exact) mass is 249 g/mol. The minimum atomic E-state index is 0.376. The molecule has 1 saturated heterocycles. The van der Waals surface area contributed by atoms with Gasteiger partial charge in [-0.15, -0.1) is 6.58 Å². The highest BCUT2D eigenvalue weighted by molar-refractivity contribution is 5.83. The second-order valence-electron chi connectivity index (χ2n) is 5.85. The molecule has 0 aromatic heterocycles. The van der Waals surface area contributed by atoms with E-state index in [4.69, 9.17) is 0 Å². The maximum absolute atomic E-state index is 11.9. The van der Waals surface area contributed by atoms with Crippen LogP contribution in [-0.2, 0) is 4.79 Å². The lowest BCUT2D eigenvalue weighted by molar-refractivity contribution is -0.122. The molecule has 2 unspecified atom stereocenters. The third-order valence-electron chi connectivity index (χ3n) is 4.58. The van der Waals surface area contributed by atoms with E-state index in [1.165, 1.54) is 45.2 Å². The lowest BCUT2D eigenvalue weighted by Crippen LogP contribution is -2.38. The Bertz CT molecular complexity index is 287. The van der Waals surface area contributed by atoms with Crippen LogP contribution in [0, 0.1) is 5.92 Å². The molecule has 0 aromatic rings. The molecule has 2 aliphatic rings. The maximum Gasteiger partial charge on any atom is 0.137 e. The molecule has 0 amide bonds. The van der Waals surface area contributed by atoms with E-state index < -0.39 is 0 Å². The summed E-state index contributed by atoms with van der Waals surface area (Å²) in [6.07, 6.45) is 12.7. The number of ketones is 1. The van der Waals surface area contributed by atoms with Crippen LogP contribution in [0.2, 0.25) is 0 Å². The second-order valence-corrected chi connectivity index (χ2v) is 5.85. The molecule has 0 radical (unpaired) electrons. The van der Waals surface area contributed by atoms with E-state index in [1.807, 2.05) is 6.08 Å². The van der Waals surface area contributed by atoms with Crippen LogP contribution in [0.15, 0.2) is 12.7 Å². The normalized spacial score (nSPS) is 29.0. The number of unbranched alkanes of at least 4 members (excludes halogenated alkanes) is 3. The van der Waals surface area contributed by atoms with Crippen LogP contribution in [-0.4, -0.2) is 29.8 Å². The van der Waals surface area contributed by atoms with Gasteiger partial charge in [0, 0.05) is 18.4 Å². The Morgan fingerprint density at radius 1 is 1.22 bits per heavy atom. The standard InChI is InChI=1S/C16H27NO/c1-2-3-4-5-6-12-17-13-8-10-15(17)14-9-7-11-16(14)18/h2,14-15H,1,3-13H2. The zero-order chi connectivity index (χ0) is 12.8. The Labute approximate surface area is 111 Å². The maximum atomic E-state index is 11.9. The summed E-state index contributed by atoms with van der Waals surface area (Å²) in [7, 11) is 0. The molecule has 2 nitrogen and oxygen atoms in total. The Morgan fingerprint density at radius 3 is 2.83 bits per heavy atom. The Kier molecular flexibility index (Phi) is 5.43. The van der Waals surface area contributed by atoms with Gasteiger partial charge in [-0.1, -0.05) is 12.5 Å². The first kappa shape index (κ1) is 13.8.